The molecule has 0 fully saturated rings. The number of benzene rings is 2. The van der Waals surface area contributed by atoms with Crippen LogP contribution in [0, 0.1) is 6.92 Å². The molecular formula is C16H17N3O3S. The molecule has 0 atom stereocenters. The number of hydrogen-bond donors (Lipinski definition) is 1. The summed E-state index contributed by atoms with van der Waals surface area (Å²) in [6.45, 7) is 1.89. The Morgan fingerprint density at radius 1 is 1.17 bits per heavy atom. The van der Waals surface area contributed by atoms with Crippen molar-refractivity contribution in [2.24, 2.45) is 7.05 Å². The van der Waals surface area contributed by atoms with Crippen LogP contribution in [-0.4, -0.2) is 25.1 Å². The molecular weight excluding hydrogens is 314 g/mol. The first kappa shape index (κ1) is 15.4. The molecule has 0 bridgehead atoms. The van der Waals surface area contributed by atoms with Crippen molar-refractivity contribution >= 4 is 26.7 Å². The average molecular weight is 331 g/mol. The van der Waals surface area contributed by atoms with E-state index in [1.807, 2.05) is 24.6 Å². The Hall–Kier alpha value is -2.54. The van der Waals surface area contributed by atoms with Crippen LogP contribution in [0.4, 0.5) is 5.69 Å². The standard InChI is InChI=1S/C16H17N3O3S/c1-11-4-7-16(22-3)14(8-11)18-23(20,21)12-5-6-15-13(9-12)17-10-19(15)2/h4-10,18H,1-3H3. The van der Waals surface area contributed by atoms with Crippen molar-refractivity contribution in [3.8, 4) is 5.75 Å². The highest BCUT2D eigenvalue weighted by Crippen LogP contribution is 2.28. The van der Waals surface area contributed by atoms with Gasteiger partial charge in [0, 0.05) is 7.05 Å². The minimum atomic E-state index is -3.72. The zero-order valence-corrected chi connectivity index (χ0v) is 13.9. The fourth-order valence-electron chi connectivity index (χ4n) is 2.39. The summed E-state index contributed by atoms with van der Waals surface area (Å²) in [5, 5.41) is 0. The number of nitrogens with zero attached hydrogens (tertiary/aromatic N) is 2. The number of hydrogen-bond acceptors (Lipinski definition) is 4. The van der Waals surface area contributed by atoms with Crippen molar-refractivity contribution in [2.75, 3.05) is 11.8 Å². The number of fused-ring (bicyclic) bond motifs is 1. The van der Waals surface area contributed by atoms with Gasteiger partial charge in [0.05, 0.1) is 35.1 Å². The fourth-order valence-corrected chi connectivity index (χ4v) is 3.47. The fraction of sp³-hybridized carbons (Fsp3) is 0.188. The van der Waals surface area contributed by atoms with Crippen LogP contribution in [0.5, 0.6) is 5.75 Å². The largest absolute Gasteiger partial charge is 0.495 e. The molecule has 0 aliphatic rings. The zero-order chi connectivity index (χ0) is 16.6. The Kier molecular flexibility index (Phi) is 3.73. The maximum Gasteiger partial charge on any atom is 0.262 e. The maximum atomic E-state index is 12.6. The third-order valence-electron chi connectivity index (χ3n) is 3.61. The van der Waals surface area contributed by atoms with E-state index < -0.39 is 10.0 Å². The molecule has 0 aliphatic heterocycles. The molecule has 3 rings (SSSR count). The maximum absolute atomic E-state index is 12.6. The zero-order valence-electron chi connectivity index (χ0n) is 13.1. The molecule has 2 aromatic carbocycles. The van der Waals surface area contributed by atoms with Gasteiger partial charge in [-0.3, -0.25) is 4.72 Å². The Balaban J connectivity index is 2.02. The van der Waals surface area contributed by atoms with Crippen LogP contribution >= 0.6 is 0 Å². The van der Waals surface area contributed by atoms with Gasteiger partial charge in [0.15, 0.2) is 0 Å². The highest BCUT2D eigenvalue weighted by Gasteiger charge is 2.18. The molecule has 0 saturated carbocycles. The number of imidazole rings is 1. The SMILES string of the molecule is COc1ccc(C)cc1NS(=O)(=O)c1ccc2c(c1)ncn2C. The van der Waals surface area contributed by atoms with Crippen molar-refractivity contribution < 1.29 is 13.2 Å². The first-order chi connectivity index (χ1) is 10.9. The number of rotatable bonds is 4. The summed E-state index contributed by atoms with van der Waals surface area (Å²) in [6, 6.07) is 10.2. The monoisotopic (exact) mass is 331 g/mol. The van der Waals surface area contributed by atoms with Gasteiger partial charge in [-0.2, -0.15) is 0 Å². The summed E-state index contributed by atoms with van der Waals surface area (Å²) < 4.78 is 34.9. The second-order valence-electron chi connectivity index (χ2n) is 5.32. The van der Waals surface area contributed by atoms with Crippen LogP contribution in [0.2, 0.25) is 0 Å². The van der Waals surface area contributed by atoms with Crippen molar-refractivity contribution in [1.82, 2.24) is 9.55 Å². The molecule has 0 amide bonds. The topological polar surface area (TPSA) is 73.2 Å². The first-order valence-electron chi connectivity index (χ1n) is 6.99. The Labute approximate surface area is 134 Å². The number of aromatic nitrogens is 2. The molecule has 7 heteroatoms. The quantitative estimate of drug-likeness (QED) is 0.798. The van der Waals surface area contributed by atoms with E-state index in [-0.39, 0.29) is 4.90 Å². The van der Waals surface area contributed by atoms with E-state index in [1.54, 1.807) is 36.7 Å². The van der Waals surface area contributed by atoms with E-state index in [1.165, 1.54) is 7.11 Å². The molecule has 1 aromatic heterocycles. The molecule has 3 aromatic rings. The summed E-state index contributed by atoms with van der Waals surface area (Å²) in [6.07, 6.45) is 1.65. The molecule has 1 heterocycles. The lowest BCUT2D eigenvalue weighted by Crippen LogP contribution is -2.13. The first-order valence-corrected chi connectivity index (χ1v) is 8.47. The molecule has 120 valence electrons. The van der Waals surface area contributed by atoms with Crippen LogP contribution < -0.4 is 9.46 Å². The van der Waals surface area contributed by atoms with Crippen LogP contribution in [0.25, 0.3) is 11.0 Å². The predicted molar refractivity (Wildman–Crippen MR) is 89.3 cm³/mol. The summed E-state index contributed by atoms with van der Waals surface area (Å²) in [5.41, 5.74) is 2.85. The van der Waals surface area contributed by atoms with Gasteiger partial charge in [0.2, 0.25) is 0 Å². The minimum absolute atomic E-state index is 0.159. The van der Waals surface area contributed by atoms with E-state index in [0.717, 1.165) is 11.1 Å². The van der Waals surface area contributed by atoms with Crippen molar-refractivity contribution in [3.63, 3.8) is 0 Å². The van der Waals surface area contributed by atoms with Crippen molar-refractivity contribution in [2.45, 2.75) is 11.8 Å². The van der Waals surface area contributed by atoms with E-state index >= 15 is 0 Å². The molecule has 0 radical (unpaired) electrons. The summed E-state index contributed by atoms with van der Waals surface area (Å²) in [7, 11) is -0.361. The van der Waals surface area contributed by atoms with Crippen LogP contribution in [0.3, 0.4) is 0 Å². The molecule has 1 N–H and O–H groups in total. The van der Waals surface area contributed by atoms with E-state index in [9.17, 15) is 8.42 Å². The lowest BCUT2D eigenvalue weighted by molar-refractivity contribution is 0.417. The molecule has 23 heavy (non-hydrogen) atoms. The van der Waals surface area contributed by atoms with Gasteiger partial charge in [-0.05, 0) is 42.8 Å². The third kappa shape index (κ3) is 2.87. The summed E-state index contributed by atoms with van der Waals surface area (Å²) >= 11 is 0. The Morgan fingerprint density at radius 3 is 2.70 bits per heavy atom. The van der Waals surface area contributed by atoms with Crippen molar-refractivity contribution in [1.29, 1.82) is 0 Å². The molecule has 0 aliphatic carbocycles. The van der Waals surface area contributed by atoms with Crippen LogP contribution in [0.1, 0.15) is 5.56 Å². The second-order valence-corrected chi connectivity index (χ2v) is 7.00. The number of nitrogens with one attached hydrogen (secondary N) is 1. The lowest BCUT2D eigenvalue weighted by atomic mass is 10.2. The summed E-state index contributed by atoms with van der Waals surface area (Å²) in [5.74, 6) is 0.470. The average Bonchev–Trinajstić information content (AvgIpc) is 2.88. The lowest BCUT2D eigenvalue weighted by Gasteiger charge is -2.12. The van der Waals surface area contributed by atoms with Gasteiger partial charge in [-0.25, -0.2) is 13.4 Å². The van der Waals surface area contributed by atoms with Crippen LogP contribution in [0.15, 0.2) is 47.6 Å². The number of sulfonamides is 1. The smallest absolute Gasteiger partial charge is 0.262 e. The van der Waals surface area contributed by atoms with E-state index in [0.29, 0.717) is 17.0 Å². The van der Waals surface area contributed by atoms with Gasteiger partial charge in [-0.1, -0.05) is 6.07 Å². The van der Waals surface area contributed by atoms with E-state index in [2.05, 4.69) is 9.71 Å². The number of aryl methyl sites for hydroxylation is 2. The van der Waals surface area contributed by atoms with Crippen LogP contribution in [-0.2, 0) is 17.1 Å². The molecule has 6 nitrogen and oxygen atoms in total. The summed E-state index contributed by atoms with van der Waals surface area (Å²) in [4.78, 5) is 4.35. The van der Waals surface area contributed by atoms with Gasteiger partial charge in [0.25, 0.3) is 10.0 Å². The van der Waals surface area contributed by atoms with Crippen molar-refractivity contribution in [3.05, 3.63) is 48.3 Å². The van der Waals surface area contributed by atoms with Gasteiger partial charge in [0.1, 0.15) is 5.75 Å². The molecule has 0 saturated heterocycles. The highest BCUT2D eigenvalue weighted by molar-refractivity contribution is 7.92. The molecule has 0 unspecified atom stereocenters. The Morgan fingerprint density at radius 2 is 1.96 bits per heavy atom. The van der Waals surface area contributed by atoms with Gasteiger partial charge >= 0.3 is 0 Å². The normalized spacial score (nSPS) is 11.6. The van der Waals surface area contributed by atoms with Gasteiger partial charge in [-0.15, -0.1) is 0 Å². The predicted octanol–water partition coefficient (Wildman–Crippen LogP) is 2.69. The second kappa shape index (κ2) is 5.58. The third-order valence-corrected chi connectivity index (χ3v) is 4.97. The van der Waals surface area contributed by atoms with E-state index in [4.69, 9.17) is 4.74 Å². The number of ether oxygens (including phenoxy) is 1. The minimum Gasteiger partial charge on any atom is -0.495 e. The number of anilines is 1. The number of methoxy groups -OCH3 is 1. The molecule has 0 spiro atoms. The van der Waals surface area contributed by atoms with Gasteiger partial charge < -0.3 is 9.30 Å². The Bertz CT molecular complexity index is 977. The highest BCUT2D eigenvalue weighted by atomic mass is 32.2.